The van der Waals surface area contributed by atoms with E-state index in [0.29, 0.717) is 11.7 Å². The molecular formula is C12H15BrN2S. The first-order chi connectivity index (χ1) is 7.49. The van der Waals surface area contributed by atoms with E-state index in [2.05, 4.69) is 33.1 Å². The zero-order chi connectivity index (χ0) is 12.1. The Morgan fingerprint density at radius 2 is 2.19 bits per heavy atom. The molecule has 0 fully saturated rings. The third-order valence-corrected chi connectivity index (χ3v) is 2.83. The van der Waals surface area contributed by atoms with Crippen molar-refractivity contribution >= 4 is 38.9 Å². The molecule has 0 atom stereocenters. The van der Waals surface area contributed by atoms with E-state index in [0.717, 1.165) is 15.7 Å². The molecule has 0 heterocycles. The van der Waals surface area contributed by atoms with Crippen molar-refractivity contribution in [2.45, 2.75) is 13.8 Å². The molecule has 1 aromatic carbocycles. The van der Waals surface area contributed by atoms with Crippen molar-refractivity contribution in [3.8, 4) is 0 Å². The van der Waals surface area contributed by atoms with E-state index in [9.17, 15) is 0 Å². The molecule has 0 saturated carbocycles. The van der Waals surface area contributed by atoms with Gasteiger partial charge in [-0.2, -0.15) is 0 Å². The van der Waals surface area contributed by atoms with Gasteiger partial charge in [0.1, 0.15) is 0 Å². The highest BCUT2D eigenvalue weighted by Crippen LogP contribution is 2.23. The zero-order valence-corrected chi connectivity index (χ0v) is 11.8. The van der Waals surface area contributed by atoms with Gasteiger partial charge in [0.15, 0.2) is 5.11 Å². The average Bonchev–Trinajstić information content (AvgIpc) is 2.19. The van der Waals surface area contributed by atoms with Crippen LogP contribution in [0.3, 0.4) is 0 Å². The Morgan fingerprint density at radius 1 is 1.50 bits per heavy atom. The van der Waals surface area contributed by atoms with Crippen LogP contribution in [-0.4, -0.2) is 11.7 Å². The summed E-state index contributed by atoms with van der Waals surface area (Å²) in [4.78, 5) is 0. The number of hydrogen-bond acceptors (Lipinski definition) is 1. The molecule has 0 aromatic heterocycles. The second kappa shape index (κ2) is 6.01. The van der Waals surface area contributed by atoms with E-state index in [-0.39, 0.29) is 0 Å². The van der Waals surface area contributed by atoms with Crippen LogP contribution in [0, 0.1) is 6.92 Å². The molecule has 0 aliphatic carbocycles. The highest BCUT2D eigenvalue weighted by atomic mass is 79.9. The molecule has 0 unspecified atom stereocenters. The summed E-state index contributed by atoms with van der Waals surface area (Å²) in [5.41, 5.74) is 3.22. The molecule has 0 aliphatic rings. The fourth-order valence-electron chi connectivity index (χ4n) is 1.12. The summed E-state index contributed by atoms with van der Waals surface area (Å²) < 4.78 is 1.01. The SMILES string of the molecule is C=C(C)CNC(=S)Nc1ccc(C)cc1Br. The molecular weight excluding hydrogens is 284 g/mol. The summed E-state index contributed by atoms with van der Waals surface area (Å²) in [6.07, 6.45) is 0. The number of benzene rings is 1. The van der Waals surface area contributed by atoms with Crippen LogP contribution in [0.15, 0.2) is 34.8 Å². The lowest BCUT2D eigenvalue weighted by Crippen LogP contribution is -2.29. The largest absolute Gasteiger partial charge is 0.359 e. The Kier molecular flexibility index (Phi) is 4.96. The minimum Gasteiger partial charge on any atom is -0.359 e. The predicted octanol–water partition coefficient (Wildman–Crippen LogP) is 3.62. The van der Waals surface area contributed by atoms with Crippen molar-refractivity contribution in [2.24, 2.45) is 0 Å². The van der Waals surface area contributed by atoms with Crippen LogP contribution in [0.5, 0.6) is 0 Å². The minimum atomic E-state index is 0.604. The second-order valence-electron chi connectivity index (χ2n) is 3.75. The van der Waals surface area contributed by atoms with Gasteiger partial charge in [-0.15, -0.1) is 0 Å². The maximum Gasteiger partial charge on any atom is 0.171 e. The molecule has 1 rings (SSSR count). The molecule has 4 heteroatoms. The van der Waals surface area contributed by atoms with E-state index in [1.165, 1.54) is 5.56 Å². The van der Waals surface area contributed by atoms with Gasteiger partial charge >= 0.3 is 0 Å². The molecule has 0 radical (unpaired) electrons. The van der Waals surface area contributed by atoms with Gasteiger partial charge in [-0.3, -0.25) is 0 Å². The Labute approximate surface area is 110 Å². The lowest BCUT2D eigenvalue weighted by atomic mass is 10.2. The van der Waals surface area contributed by atoms with Crippen LogP contribution < -0.4 is 10.6 Å². The molecule has 0 spiro atoms. The molecule has 1 aromatic rings. The molecule has 0 amide bonds. The third-order valence-electron chi connectivity index (χ3n) is 1.92. The van der Waals surface area contributed by atoms with E-state index in [1.54, 1.807) is 0 Å². The van der Waals surface area contributed by atoms with Gasteiger partial charge in [0, 0.05) is 11.0 Å². The fourth-order valence-corrected chi connectivity index (χ4v) is 1.89. The lowest BCUT2D eigenvalue weighted by Gasteiger charge is -2.12. The standard InChI is InChI=1S/C12H15BrN2S/c1-8(2)7-14-12(16)15-11-5-4-9(3)6-10(11)13/h4-6H,1,7H2,2-3H3,(H2,14,15,16). The molecule has 2 nitrogen and oxygen atoms in total. The second-order valence-corrected chi connectivity index (χ2v) is 5.01. The van der Waals surface area contributed by atoms with Crippen molar-refractivity contribution in [1.82, 2.24) is 5.32 Å². The fraction of sp³-hybridized carbons (Fsp3) is 0.250. The number of aryl methyl sites for hydroxylation is 1. The van der Waals surface area contributed by atoms with Gasteiger partial charge < -0.3 is 10.6 Å². The van der Waals surface area contributed by atoms with Crippen molar-refractivity contribution in [3.63, 3.8) is 0 Å². The number of rotatable bonds is 3. The van der Waals surface area contributed by atoms with Crippen LogP contribution in [0.2, 0.25) is 0 Å². The number of hydrogen-bond donors (Lipinski definition) is 2. The Hall–Kier alpha value is -0.870. The lowest BCUT2D eigenvalue weighted by molar-refractivity contribution is 0.999. The van der Waals surface area contributed by atoms with Gasteiger partial charge in [-0.25, -0.2) is 0 Å². The first-order valence-electron chi connectivity index (χ1n) is 4.94. The Bertz CT molecular complexity index is 415. The first-order valence-corrected chi connectivity index (χ1v) is 6.14. The van der Waals surface area contributed by atoms with E-state index in [4.69, 9.17) is 12.2 Å². The van der Waals surface area contributed by atoms with Crippen LogP contribution in [0.25, 0.3) is 0 Å². The van der Waals surface area contributed by atoms with Crippen LogP contribution in [0.4, 0.5) is 5.69 Å². The van der Waals surface area contributed by atoms with Crippen LogP contribution >= 0.6 is 28.1 Å². The number of nitrogens with one attached hydrogen (secondary N) is 2. The van der Waals surface area contributed by atoms with Crippen LogP contribution in [-0.2, 0) is 0 Å². The molecule has 2 N–H and O–H groups in total. The first kappa shape index (κ1) is 13.2. The smallest absolute Gasteiger partial charge is 0.171 e. The number of thiocarbonyl (C=S) groups is 1. The van der Waals surface area contributed by atoms with Gasteiger partial charge in [0.25, 0.3) is 0 Å². The van der Waals surface area contributed by atoms with E-state index >= 15 is 0 Å². The van der Waals surface area contributed by atoms with Crippen molar-refractivity contribution < 1.29 is 0 Å². The summed E-state index contributed by atoms with van der Waals surface area (Å²) in [7, 11) is 0. The molecule has 16 heavy (non-hydrogen) atoms. The Balaban J connectivity index is 2.59. The van der Waals surface area contributed by atoms with Crippen LogP contribution in [0.1, 0.15) is 12.5 Å². The maximum atomic E-state index is 5.16. The zero-order valence-electron chi connectivity index (χ0n) is 9.43. The van der Waals surface area contributed by atoms with Gasteiger partial charge in [-0.05, 0) is 59.7 Å². The molecule has 0 saturated heterocycles. The Morgan fingerprint density at radius 3 is 2.75 bits per heavy atom. The summed E-state index contributed by atoms with van der Waals surface area (Å²) >= 11 is 8.65. The van der Waals surface area contributed by atoms with E-state index < -0.39 is 0 Å². The summed E-state index contributed by atoms with van der Waals surface area (Å²) in [5.74, 6) is 0. The van der Waals surface area contributed by atoms with Gasteiger partial charge in [0.05, 0.1) is 5.69 Å². The maximum absolute atomic E-state index is 5.16. The topological polar surface area (TPSA) is 24.1 Å². The van der Waals surface area contributed by atoms with Crippen molar-refractivity contribution in [2.75, 3.05) is 11.9 Å². The molecule has 86 valence electrons. The summed E-state index contributed by atoms with van der Waals surface area (Å²) in [5, 5.41) is 6.80. The highest BCUT2D eigenvalue weighted by Gasteiger charge is 2.01. The highest BCUT2D eigenvalue weighted by molar-refractivity contribution is 9.10. The van der Waals surface area contributed by atoms with Gasteiger partial charge in [0.2, 0.25) is 0 Å². The predicted molar refractivity (Wildman–Crippen MR) is 77.9 cm³/mol. The third kappa shape index (κ3) is 4.33. The van der Waals surface area contributed by atoms with Crippen molar-refractivity contribution in [1.29, 1.82) is 0 Å². The molecule has 0 aliphatic heterocycles. The van der Waals surface area contributed by atoms with E-state index in [1.807, 2.05) is 32.0 Å². The summed E-state index contributed by atoms with van der Waals surface area (Å²) in [6.45, 7) is 8.50. The molecule has 0 bridgehead atoms. The quantitative estimate of drug-likeness (QED) is 0.658. The normalized spacial score (nSPS) is 9.69. The number of halogens is 1. The van der Waals surface area contributed by atoms with Crippen molar-refractivity contribution in [3.05, 3.63) is 40.4 Å². The number of anilines is 1. The summed E-state index contributed by atoms with van der Waals surface area (Å²) in [6, 6.07) is 6.08. The minimum absolute atomic E-state index is 0.604. The monoisotopic (exact) mass is 298 g/mol. The van der Waals surface area contributed by atoms with Gasteiger partial charge in [-0.1, -0.05) is 18.2 Å². The average molecular weight is 299 g/mol.